The van der Waals surface area contributed by atoms with Crippen molar-refractivity contribution in [1.29, 1.82) is 0 Å². The van der Waals surface area contributed by atoms with Gasteiger partial charge in [-0.15, -0.1) is 11.3 Å². The zero-order valence-corrected chi connectivity index (χ0v) is 28.8. The number of hydrogen-bond acceptors (Lipinski definition) is 10. The van der Waals surface area contributed by atoms with Gasteiger partial charge in [0.15, 0.2) is 0 Å². The molecule has 2 aliphatic heterocycles. The summed E-state index contributed by atoms with van der Waals surface area (Å²) >= 11 is 14.9. The van der Waals surface area contributed by atoms with Crippen LogP contribution in [0.2, 0.25) is 10.0 Å². The minimum absolute atomic E-state index is 0.0647. The number of halogens is 2. The molecule has 0 N–H and O–H groups in total. The van der Waals surface area contributed by atoms with Gasteiger partial charge >= 0.3 is 11.9 Å². The van der Waals surface area contributed by atoms with Crippen LogP contribution < -0.4 is 0 Å². The number of fused-ring (bicyclic) bond motifs is 1. The Hall–Kier alpha value is -3.12. The Balaban J connectivity index is 1.29. The highest BCUT2D eigenvalue weighted by Gasteiger charge is 2.47. The van der Waals surface area contributed by atoms with Crippen LogP contribution in [-0.4, -0.2) is 90.6 Å². The quantitative estimate of drug-likeness (QED) is 0.331. The van der Waals surface area contributed by atoms with Gasteiger partial charge in [-0.1, -0.05) is 29.3 Å². The lowest BCUT2D eigenvalue weighted by Gasteiger charge is -2.39. The average Bonchev–Trinajstić information content (AvgIpc) is 3.80. The number of Topliss-reactive ketones (excluding diaryl/α,β-unsaturated/α-hetero) is 1. The Morgan fingerprint density at radius 1 is 0.979 bits per heavy atom. The van der Waals surface area contributed by atoms with E-state index in [9.17, 15) is 19.2 Å². The standard InChI is InChI=1S/C34H38Cl2N4O6S/c1-45-33(43)30-25(6-7-27-37-8-13-47-27)38-26(31(34(44)46-2)32(30)29-23(35)4-3-5-24(29)36)18-28(42)40-11-9-39(10-12-40)21-14-19-16-22(41)17-20(19)15-21/h3-5,8,13,19-21,30,32H,6-7,9-12,14-18H2,1-2H3. The van der Waals surface area contributed by atoms with Crippen LogP contribution in [0, 0.1) is 17.8 Å². The molecule has 1 aromatic heterocycles. The third kappa shape index (κ3) is 7.04. The normalized spacial score (nSPS) is 26.3. The summed E-state index contributed by atoms with van der Waals surface area (Å²) in [5.74, 6) is -2.13. The number of aromatic nitrogens is 1. The first-order valence-electron chi connectivity index (χ1n) is 16.0. The molecule has 2 aliphatic carbocycles. The number of piperazine rings is 1. The van der Waals surface area contributed by atoms with Crippen LogP contribution >= 0.6 is 34.5 Å². The molecule has 1 aromatic carbocycles. The van der Waals surface area contributed by atoms with E-state index in [1.165, 1.54) is 25.6 Å². The van der Waals surface area contributed by atoms with Crippen LogP contribution in [0.1, 0.15) is 55.0 Å². The van der Waals surface area contributed by atoms with E-state index in [1.807, 2.05) is 10.3 Å². The van der Waals surface area contributed by atoms with Gasteiger partial charge in [0.05, 0.1) is 36.9 Å². The highest BCUT2D eigenvalue weighted by molar-refractivity contribution is 7.09. The number of ether oxygens (including phenoxy) is 2. The summed E-state index contributed by atoms with van der Waals surface area (Å²) in [6, 6.07) is 5.42. The Labute approximate surface area is 288 Å². The third-order valence-corrected chi connectivity index (χ3v) is 11.6. The largest absolute Gasteiger partial charge is 0.468 e. The highest BCUT2D eigenvalue weighted by atomic mass is 35.5. The fourth-order valence-electron chi connectivity index (χ4n) is 7.91. The lowest BCUT2D eigenvalue weighted by atomic mass is 9.74. The number of aryl methyl sites for hydroxylation is 1. The van der Waals surface area contributed by atoms with Gasteiger partial charge in [0, 0.05) is 84.7 Å². The number of aliphatic imine (C=N–C) groups is 1. The lowest BCUT2D eigenvalue weighted by Crippen LogP contribution is -2.51. The predicted octanol–water partition coefficient (Wildman–Crippen LogP) is 5.13. The molecule has 2 aromatic rings. The fraction of sp³-hybridized carbons (Fsp3) is 0.529. The molecule has 1 amide bonds. The van der Waals surface area contributed by atoms with E-state index >= 15 is 0 Å². The maximum absolute atomic E-state index is 13.9. The second-order valence-electron chi connectivity index (χ2n) is 12.7. The molecule has 0 radical (unpaired) electrons. The summed E-state index contributed by atoms with van der Waals surface area (Å²) < 4.78 is 10.5. The molecule has 4 unspecified atom stereocenters. The van der Waals surface area contributed by atoms with Crippen molar-refractivity contribution in [2.24, 2.45) is 22.7 Å². The molecule has 4 aliphatic rings. The van der Waals surface area contributed by atoms with Gasteiger partial charge < -0.3 is 14.4 Å². The molecular formula is C34H38Cl2N4O6S. The van der Waals surface area contributed by atoms with Crippen molar-refractivity contribution in [1.82, 2.24) is 14.8 Å². The number of hydrogen-bond donors (Lipinski definition) is 0. The average molecular weight is 702 g/mol. The van der Waals surface area contributed by atoms with E-state index < -0.39 is 23.8 Å². The van der Waals surface area contributed by atoms with Gasteiger partial charge in [-0.25, -0.2) is 9.78 Å². The summed E-state index contributed by atoms with van der Waals surface area (Å²) in [4.78, 5) is 66.4. The lowest BCUT2D eigenvalue weighted by molar-refractivity contribution is -0.143. The number of nitrogens with zero attached hydrogens (tertiary/aromatic N) is 4. The van der Waals surface area contributed by atoms with Crippen LogP contribution in [0.5, 0.6) is 0 Å². The molecule has 0 spiro atoms. The van der Waals surface area contributed by atoms with E-state index in [1.54, 1.807) is 24.4 Å². The number of amides is 1. The van der Waals surface area contributed by atoms with Crippen molar-refractivity contribution in [2.45, 2.75) is 56.9 Å². The number of benzene rings is 1. The first-order valence-corrected chi connectivity index (χ1v) is 17.6. The fourth-order valence-corrected chi connectivity index (χ4v) is 9.16. The molecule has 13 heteroatoms. The molecule has 0 bridgehead atoms. The van der Waals surface area contributed by atoms with Crippen LogP contribution in [0.4, 0.5) is 0 Å². The van der Waals surface area contributed by atoms with E-state index in [4.69, 9.17) is 37.7 Å². The molecule has 2 saturated carbocycles. The van der Waals surface area contributed by atoms with Crippen LogP contribution in [0.15, 0.2) is 46.0 Å². The maximum atomic E-state index is 13.9. The number of thiazole rings is 1. The van der Waals surface area contributed by atoms with E-state index in [0.717, 1.165) is 30.9 Å². The Bertz CT molecular complexity index is 1570. The van der Waals surface area contributed by atoms with Crippen molar-refractivity contribution < 1.29 is 28.7 Å². The van der Waals surface area contributed by atoms with E-state index in [0.29, 0.717) is 73.7 Å². The second kappa shape index (κ2) is 14.6. The summed E-state index contributed by atoms with van der Waals surface area (Å²) in [7, 11) is 2.53. The summed E-state index contributed by atoms with van der Waals surface area (Å²) in [6.07, 6.45) is 5.91. The minimum atomic E-state index is -1.03. The number of carbonyl (C=O) groups is 4. The van der Waals surface area contributed by atoms with Crippen LogP contribution in [0.25, 0.3) is 0 Å². The topological polar surface area (TPSA) is 118 Å². The third-order valence-electron chi connectivity index (χ3n) is 10.1. The molecule has 4 atom stereocenters. The summed E-state index contributed by atoms with van der Waals surface area (Å²) in [6.45, 7) is 2.60. The van der Waals surface area contributed by atoms with Crippen molar-refractivity contribution in [3.8, 4) is 0 Å². The van der Waals surface area contributed by atoms with Gasteiger partial charge in [0.25, 0.3) is 0 Å². The Morgan fingerprint density at radius 3 is 2.26 bits per heavy atom. The van der Waals surface area contributed by atoms with Crippen molar-refractivity contribution >= 4 is 63.9 Å². The monoisotopic (exact) mass is 700 g/mol. The number of ketones is 1. The SMILES string of the molecule is COC(=O)C1=C(CC(=O)N2CCN(C3CC4CC(=O)CC4C3)CC2)N=C(CCc2nccs2)C(C(=O)OC)C1c1c(Cl)cccc1Cl. The number of rotatable bonds is 9. The van der Waals surface area contributed by atoms with E-state index in [2.05, 4.69) is 9.88 Å². The summed E-state index contributed by atoms with van der Waals surface area (Å²) in [5, 5.41) is 3.27. The molecule has 1 saturated heterocycles. The first-order chi connectivity index (χ1) is 22.7. The van der Waals surface area contributed by atoms with Gasteiger partial charge in [-0.05, 0) is 48.8 Å². The number of carbonyl (C=O) groups excluding carboxylic acids is 4. The predicted molar refractivity (Wildman–Crippen MR) is 179 cm³/mol. The maximum Gasteiger partial charge on any atom is 0.336 e. The number of esters is 2. The molecule has 3 heterocycles. The van der Waals surface area contributed by atoms with Crippen LogP contribution in [-0.2, 0) is 35.1 Å². The van der Waals surface area contributed by atoms with Crippen molar-refractivity contribution in [3.05, 3.63) is 61.7 Å². The van der Waals surface area contributed by atoms with Gasteiger partial charge in [-0.2, -0.15) is 0 Å². The van der Waals surface area contributed by atoms with Gasteiger partial charge in [0.1, 0.15) is 11.7 Å². The number of methoxy groups -OCH3 is 2. The zero-order chi connectivity index (χ0) is 33.2. The zero-order valence-electron chi connectivity index (χ0n) is 26.5. The minimum Gasteiger partial charge on any atom is -0.468 e. The molecule has 10 nitrogen and oxygen atoms in total. The van der Waals surface area contributed by atoms with Gasteiger partial charge in [0.2, 0.25) is 5.91 Å². The molecular weight excluding hydrogens is 663 g/mol. The second-order valence-corrected chi connectivity index (χ2v) is 14.5. The van der Waals surface area contributed by atoms with Gasteiger partial charge in [-0.3, -0.25) is 24.3 Å². The molecule has 250 valence electrons. The molecule has 6 rings (SSSR count). The highest BCUT2D eigenvalue weighted by Crippen LogP contribution is 2.47. The van der Waals surface area contributed by atoms with E-state index in [-0.39, 0.29) is 33.6 Å². The molecule has 3 fully saturated rings. The summed E-state index contributed by atoms with van der Waals surface area (Å²) in [5.41, 5.74) is 1.12. The van der Waals surface area contributed by atoms with Crippen LogP contribution in [0.3, 0.4) is 0 Å². The smallest absolute Gasteiger partial charge is 0.336 e. The molecule has 47 heavy (non-hydrogen) atoms. The van der Waals surface area contributed by atoms with Crippen molar-refractivity contribution in [3.63, 3.8) is 0 Å². The Morgan fingerprint density at radius 2 is 1.66 bits per heavy atom. The first kappa shape index (κ1) is 33.8. The van der Waals surface area contributed by atoms with Crippen molar-refractivity contribution in [2.75, 3.05) is 40.4 Å². The Kier molecular flexibility index (Phi) is 10.5.